The minimum absolute atomic E-state index is 0.115. The van der Waals surface area contributed by atoms with Crippen LogP contribution in [0.4, 0.5) is 4.79 Å². The van der Waals surface area contributed by atoms with Crippen molar-refractivity contribution in [1.82, 2.24) is 16.0 Å². The van der Waals surface area contributed by atoms with Gasteiger partial charge in [-0.1, -0.05) is 0 Å². The highest BCUT2D eigenvalue weighted by molar-refractivity contribution is 5.78. The molecule has 4 heteroatoms. The third-order valence-corrected chi connectivity index (χ3v) is 1.77. The van der Waals surface area contributed by atoms with Crippen molar-refractivity contribution in [2.24, 2.45) is 0 Å². The Balaban J connectivity index is 2.26. The van der Waals surface area contributed by atoms with E-state index in [1.54, 1.807) is 0 Å². The second kappa shape index (κ2) is 2.30. The molecule has 2 amide bonds. The van der Waals surface area contributed by atoms with Crippen LogP contribution in [0, 0.1) is 0 Å². The number of hydrogen-bond acceptors (Lipinski definition) is 2. The van der Waals surface area contributed by atoms with E-state index >= 15 is 0 Å². The van der Waals surface area contributed by atoms with Crippen LogP contribution in [0.1, 0.15) is 0 Å². The summed E-state index contributed by atoms with van der Waals surface area (Å²) in [6.07, 6.45) is 3.71. The van der Waals surface area contributed by atoms with Gasteiger partial charge in [0.1, 0.15) is 0 Å². The van der Waals surface area contributed by atoms with Gasteiger partial charge in [0.15, 0.2) is 0 Å². The van der Waals surface area contributed by atoms with Crippen molar-refractivity contribution in [3.63, 3.8) is 0 Å². The molecule has 2 heterocycles. The molecule has 0 atom stereocenters. The molecule has 0 aromatic carbocycles. The Labute approximate surface area is 64.3 Å². The first-order chi connectivity index (χ1) is 5.36. The molecule has 58 valence electrons. The molecule has 11 heavy (non-hydrogen) atoms. The van der Waals surface area contributed by atoms with E-state index in [4.69, 9.17) is 0 Å². The molecule has 0 fully saturated rings. The lowest BCUT2D eigenvalue weighted by Crippen LogP contribution is -2.44. The molecule has 0 aromatic heterocycles. The van der Waals surface area contributed by atoms with Crippen LogP contribution in [0.5, 0.6) is 0 Å². The predicted molar refractivity (Wildman–Crippen MR) is 40.7 cm³/mol. The number of dihydropyridines is 1. The fourth-order valence-corrected chi connectivity index (χ4v) is 1.18. The van der Waals surface area contributed by atoms with Gasteiger partial charge in [-0.15, -0.1) is 0 Å². The van der Waals surface area contributed by atoms with Crippen LogP contribution in [0.15, 0.2) is 23.5 Å². The normalized spacial score (nSPS) is 21.6. The molecule has 0 unspecified atom stereocenters. The van der Waals surface area contributed by atoms with Gasteiger partial charge in [0.05, 0.1) is 0 Å². The molecule has 0 aromatic rings. The van der Waals surface area contributed by atoms with Gasteiger partial charge in [0, 0.05) is 18.8 Å². The van der Waals surface area contributed by atoms with Crippen LogP contribution in [0.2, 0.25) is 0 Å². The Hall–Kier alpha value is -1.45. The summed E-state index contributed by atoms with van der Waals surface area (Å²) < 4.78 is 0. The molecular weight excluding hydrogens is 142 g/mol. The average molecular weight is 151 g/mol. The smallest absolute Gasteiger partial charge is 0.319 e. The van der Waals surface area contributed by atoms with E-state index in [2.05, 4.69) is 16.0 Å². The second-order valence-corrected chi connectivity index (χ2v) is 2.54. The van der Waals surface area contributed by atoms with E-state index in [0.717, 1.165) is 12.2 Å². The largest absolute Gasteiger partial charge is 0.387 e. The Morgan fingerprint density at radius 1 is 1.36 bits per heavy atom. The summed E-state index contributed by atoms with van der Waals surface area (Å²) in [7, 11) is 0. The molecule has 3 N–H and O–H groups in total. The molecule has 0 saturated carbocycles. The summed E-state index contributed by atoms with van der Waals surface area (Å²) in [6, 6.07) is -0.115. The first-order valence-corrected chi connectivity index (χ1v) is 3.53. The van der Waals surface area contributed by atoms with Gasteiger partial charge in [-0.3, -0.25) is 0 Å². The van der Waals surface area contributed by atoms with E-state index in [1.807, 2.05) is 12.3 Å². The first kappa shape index (κ1) is 6.27. The van der Waals surface area contributed by atoms with E-state index in [0.29, 0.717) is 6.54 Å². The van der Waals surface area contributed by atoms with Crippen LogP contribution in [0.3, 0.4) is 0 Å². The Bertz CT molecular complexity index is 254. The minimum atomic E-state index is -0.115. The molecule has 2 aliphatic rings. The van der Waals surface area contributed by atoms with E-state index in [1.165, 1.54) is 5.57 Å². The van der Waals surface area contributed by atoms with Crippen molar-refractivity contribution in [1.29, 1.82) is 0 Å². The summed E-state index contributed by atoms with van der Waals surface area (Å²) in [4.78, 5) is 10.8. The molecular formula is C7H9N3O. The highest BCUT2D eigenvalue weighted by Crippen LogP contribution is 2.08. The predicted octanol–water partition coefficient (Wildman–Crippen LogP) is -0.330. The molecule has 0 bridgehead atoms. The lowest BCUT2D eigenvalue weighted by molar-refractivity contribution is 0.242. The summed E-state index contributed by atoms with van der Waals surface area (Å²) in [5.41, 5.74) is 2.14. The summed E-state index contributed by atoms with van der Waals surface area (Å²) in [6.45, 7) is 1.47. The summed E-state index contributed by atoms with van der Waals surface area (Å²) in [5, 5.41) is 8.49. The van der Waals surface area contributed by atoms with E-state index < -0.39 is 0 Å². The Morgan fingerprint density at radius 2 is 2.27 bits per heavy atom. The van der Waals surface area contributed by atoms with Crippen molar-refractivity contribution in [2.45, 2.75) is 0 Å². The maximum absolute atomic E-state index is 10.8. The van der Waals surface area contributed by atoms with Gasteiger partial charge in [-0.25, -0.2) is 4.79 Å². The van der Waals surface area contributed by atoms with Gasteiger partial charge < -0.3 is 16.0 Å². The molecule has 0 radical (unpaired) electrons. The number of urea groups is 1. The molecule has 2 rings (SSSR count). The van der Waals surface area contributed by atoms with E-state index in [-0.39, 0.29) is 6.03 Å². The topological polar surface area (TPSA) is 53.2 Å². The van der Waals surface area contributed by atoms with Crippen molar-refractivity contribution >= 4 is 6.03 Å². The van der Waals surface area contributed by atoms with Gasteiger partial charge in [0.25, 0.3) is 0 Å². The Morgan fingerprint density at radius 3 is 3.18 bits per heavy atom. The third-order valence-electron chi connectivity index (χ3n) is 1.77. The van der Waals surface area contributed by atoms with Crippen LogP contribution >= 0.6 is 0 Å². The van der Waals surface area contributed by atoms with Gasteiger partial charge in [-0.05, 0) is 17.8 Å². The van der Waals surface area contributed by atoms with Crippen LogP contribution < -0.4 is 16.0 Å². The quantitative estimate of drug-likeness (QED) is 0.444. The number of hydrogen-bond donors (Lipinski definition) is 3. The van der Waals surface area contributed by atoms with Gasteiger partial charge >= 0.3 is 6.03 Å². The number of nitrogens with one attached hydrogen (secondary N) is 3. The Kier molecular flexibility index (Phi) is 1.31. The molecule has 0 saturated heterocycles. The summed E-state index contributed by atoms with van der Waals surface area (Å²) in [5.74, 6) is 0. The van der Waals surface area contributed by atoms with E-state index in [9.17, 15) is 4.79 Å². The van der Waals surface area contributed by atoms with Crippen LogP contribution in [-0.4, -0.2) is 19.1 Å². The highest BCUT2D eigenvalue weighted by atomic mass is 16.2. The second-order valence-electron chi connectivity index (χ2n) is 2.54. The standard InChI is InChI=1S/C7H9N3O/c11-7-9-4-5-3-8-2-1-6(5)10-7/h1-2,8H,3-4H2,(H2,9,10,11). The molecule has 0 aliphatic carbocycles. The zero-order valence-corrected chi connectivity index (χ0v) is 5.98. The van der Waals surface area contributed by atoms with Crippen LogP contribution in [0.25, 0.3) is 0 Å². The molecule has 0 spiro atoms. The lowest BCUT2D eigenvalue weighted by atomic mass is 10.1. The SMILES string of the molecule is O=C1NCC2=C(C=CNC2)N1. The zero-order valence-electron chi connectivity index (χ0n) is 5.98. The van der Waals surface area contributed by atoms with Gasteiger partial charge in [-0.2, -0.15) is 0 Å². The number of allylic oxidation sites excluding steroid dienone is 1. The van der Waals surface area contributed by atoms with Crippen molar-refractivity contribution in [2.75, 3.05) is 13.1 Å². The fourth-order valence-electron chi connectivity index (χ4n) is 1.18. The van der Waals surface area contributed by atoms with Crippen molar-refractivity contribution in [3.05, 3.63) is 23.5 Å². The average Bonchev–Trinajstić information content (AvgIpc) is 2.04. The molecule has 4 nitrogen and oxygen atoms in total. The third kappa shape index (κ3) is 1.07. The van der Waals surface area contributed by atoms with Crippen molar-refractivity contribution < 1.29 is 4.79 Å². The number of amides is 2. The number of rotatable bonds is 0. The minimum Gasteiger partial charge on any atom is -0.387 e. The highest BCUT2D eigenvalue weighted by Gasteiger charge is 2.15. The summed E-state index contributed by atoms with van der Waals surface area (Å²) >= 11 is 0. The van der Waals surface area contributed by atoms with Crippen LogP contribution in [-0.2, 0) is 0 Å². The first-order valence-electron chi connectivity index (χ1n) is 3.53. The fraction of sp³-hybridized carbons (Fsp3) is 0.286. The maximum Gasteiger partial charge on any atom is 0.319 e. The molecule has 2 aliphatic heterocycles. The number of carbonyl (C=O) groups is 1. The van der Waals surface area contributed by atoms with Crippen molar-refractivity contribution in [3.8, 4) is 0 Å². The monoisotopic (exact) mass is 151 g/mol. The lowest BCUT2D eigenvalue weighted by Gasteiger charge is -2.22. The zero-order chi connectivity index (χ0) is 7.68. The van der Waals surface area contributed by atoms with Gasteiger partial charge in [0.2, 0.25) is 0 Å². The number of carbonyl (C=O) groups excluding carboxylic acids is 1. The maximum atomic E-state index is 10.8.